The summed E-state index contributed by atoms with van der Waals surface area (Å²) in [6, 6.07) is 11.4. The van der Waals surface area contributed by atoms with Gasteiger partial charge in [-0.05, 0) is 54.8 Å². The smallest absolute Gasteiger partial charge is 0.180 e. The van der Waals surface area contributed by atoms with E-state index >= 15 is 0 Å². The summed E-state index contributed by atoms with van der Waals surface area (Å²) in [5.41, 5.74) is 1.49. The molecule has 0 aliphatic carbocycles. The van der Waals surface area contributed by atoms with Crippen LogP contribution in [0.5, 0.6) is 11.5 Å². The van der Waals surface area contributed by atoms with Crippen molar-refractivity contribution in [2.45, 2.75) is 26.4 Å². The van der Waals surface area contributed by atoms with E-state index < -0.39 is 5.82 Å². The molecule has 2 aromatic rings. The molecule has 0 spiro atoms. The monoisotopic (exact) mass is 359 g/mol. The number of allylic oxidation sites excluding steroid dienone is 1. The minimum atomic E-state index is -0.397. The van der Waals surface area contributed by atoms with Gasteiger partial charge in [-0.3, -0.25) is 0 Å². The van der Waals surface area contributed by atoms with Crippen LogP contribution in [0.1, 0.15) is 31.4 Å². The summed E-state index contributed by atoms with van der Waals surface area (Å²) in [6.45, 7) is 3.96. The Balaban J connectivity index is 2.45. The van der Waals surface area contributed by atoms with Crippen LogP contribution in [0.3, 0.4) is 0 Å². The standard InChI is InChI=1S/C20H19ClFNO2/c1-4-13(2)25-20-18(21)9-14(10-19(20)24-3)8-16(12-23)15-6-5-7-17(22)11-15/h5-11,13H,4H2,1-3H3/b16-8-/t13-/m1/s1. The number of ether oxygens (including phenoxy) is 2. The predicted octanol–water partition coefficient (Wildman–Crippen LogP) is 5.73. The Bertz CT molecular complexity index is 827. The van der Waals surface area contributed by atoms with Gasteiger partial charge < -0.3 is 9.47 Å². The van der Waals surface area contributed by atoms with Gasteiger partial charge in [0.15, 0.2) is 11.5 Å². The quantitative estimate of drug-likeness (QED) is 0.488. The molecule has 2 rings (SSSR count). The summed E-state index contributed by atoms with van der Waals surface area (Å²) in [6.07, 6.45) is 2.46. The van der Waals surface area contributed by atoms with Crippen LogP contribution in [0.15, 0.2) is 36.4 Å². The first-order valence-electron chi connectivity index (χ1n) is 7.90. The van der Waals surface area contributed by atoms with E-state index in [1.807, 2.05) is 13.8 Å². The van der Waals surface area contributed by atoms with Crippen molar-refractivity contribution in [3.05, 3.63) is 58.4 Å². The van der Waals surface area contributed by atoms with E-state index in [-0.39, 0.29) is 6.10 Å². The van der Waals surface area contributed by atoms with Gasteiger partial charge in [-0.2, -0.15) is 5.26 Å². The molecule has 0 amide bonds. The van der Waals surface area contributed by atoms with Gasteiger partial charge in [0, 0.05) is 0 Å². The van der Waals surface area contributed by atoms with Crippen molar-refractivity contribution in [1.29, 1.82) is 5.26 Å². The maximum absolute atomic E-state index is 13.4. The Labute approximate surface area is 152 Å². The molecule has 0 heterocycles. The molecular formula is C20H19ClFNO2. The van der Waals surface area contributed by atoms with Crippen molar-refractivity contribution in [1.82, 2.24) is 0 Å². The lowest BCUT2D eigenvalue weighted by Crippen LogP contribution is -2.11. The van der Waals surface area contributed by atoms with Crippen LogP contribution in [0, 0.1) is 17.1 Å². The summed E-state index contributed by atoms with van der Waals surface area (Å²) in [4.78, 5) is 0. The Morgan fingerprint density at radius 3 is 2.72 bits per heavy atom. The highest BCUT2D eigenvalue weighted by Crippen LogP contribution is 2.38. The molecule has 5 heteroatoms. The first-order chi connectivity index (χ1) is 12.0. The van der Waals surface area contributed by atoms with Crippen molar-refractivity contribution in [3.8, 4) is 17.6 Å². The molecule has 0 aliphatic rings. The summed E-state index contributed by atoms with van der Waals surface area (Å²) in [5, 5.41) is 9.79. The summed E-state index contributed by atoms with van der Waals surface area (Å²) >= 11 is 6.34. The summed E-state index contributed by atoms with van der Waals surface area (Å²) < 4.78 is 24.6. The lowest BCUT2D eigenvalue weighted by atomic mass is 10.0. The molecule has 0 aliphatic heterocycles. The highest BCUT2D eigenvalue weighted by atomic mass is 35.5. The van der Waals surface area contributed by atoms with Crippen LogP contribution in [0.2, 0.25) is 5.02 Å². The van der Waals surface area contributed by atoms with Crippen molar-refractivity contribution in [3.63, 3.8) is 0 Å². The molecule has 3 nitrogen and oxygen atoms in total. The van der Waals surface area contributed by atoms with Gasteiger partial charge in [-0.1, -0.05) is 30.7 Å². The number of hydrogen-bond acceptors (Lipinski definition) is 3. The lowest BCUT2D eigenvalue weighted by Gasteiger charge is -2.17. The number of methoxy groups -OCH3 is 1. The molecule has 0 radical (unpaired) electrons. The number of nitrogens with zero attached hydrogens (tertiary/aromatic N) is 1. The summed E-state index contributed by atoms with van der Waals surface area (Å²) in [7, 11) is 1.53. The Hall–Kier alpha value is -2.51. The Kier molecular flexibility index (Phi) is 6.44. The highest BCUT2D eigenvalue weighted by molar-refractivity contribution is 6.32. The van der Waals surface area contributed by atoms with Gasteiger partial charge in [-0.15, -0.1) is 0 Å². The normalized spacial score (nSPS) is 12.4. The number of hydrogen-bond donors (Lipinski definition) is 0. The second kappa shape index (κ2) is 8.55. The molecule has 2 aromatic carbocycles. The van der Waals surface area contributed by atoms with E-state index in [0.717, 1.165) is 6.42 Å². The molecule has 0 N–H and O–H groups in total. The van der Waals surface area contributed by atoms with Gasteiger partial charge in [0.05, 0.1) is 29.9 Å². The van der Waals surface area contributed by atoms with Crippen LogP contribution in [0.4, 0.5) is 4.39 Å². The van der Waals surface area contributed by atoms with E-state index in [1.54, 1.807) is 30.3 Å². The number of halogens is 2. The van der Waals surface area contributed by atoms with Crippen LogP contribution >= 0.6 is 11.6 Å². The average molecular weight is 360 g/mol. The van der Waals surface area contributed by atoms with Crippen LogP contribution in [0.25, 0.3) is 11.6 Å². The molecule has 0 saturated heterocycles. The molecule has 0 bridgehead atoms. The number of nitriles is 1. The van der Waals surface area contributed by atoms with Crippen molar-refractivity contribution >= 4 is 23.3 Å². The fourth-order valence-electron chi connectivity index (χ4n) is 2.22. The van der Waals surface area contributed by atoms with E-state index in [2.05, 4.69) is 6.07 Å². The molecule has 0 fully saturated rings. The molecule has 1 atom stereocenters. The third-order valence-corrected chi connectivity index (χ3v) is 3.99. The molecular weight excluding hydrogens is 341 g/mol. The van der Waals surface area contributed by atoms with E-state index in [9.17, 15) is 9.65 Å². The highest BCUT2D eigenvalue weighted by Gasteiger charge is 2.14. The second-order valence-corrected chi connectivity index (χ2v) is 5.96. The Morgan fingerprint density at radius 2 is 2.12 bits per heavy atom. The van der Waals surface area contributed by atoms with Crippen LogP contribution < -0.4 is 9.47 Å². The molecule has 25 heavy (non-hydrogen) atoms. The minimum absolute atomic E-state index is 0.00486. The zero-order valence-corrected chi connectivity index (χ0v) is 15.1. The van der Waals surface area contributed by atoms with Gasteiger partial charge in [0.25, 0.3) is 0 Å². The third-order valence-electron chi connectivity index (χ3n) is 3.71. The molecule has 0 saturated carbocycles. The third kappa shape index (κ3) is 4.74. The zero-order chi connectivity index (χ0) is 18.4. The average Bonchev–Trinajstić information content (AvgIpc) is 2.61. The summed E-state index contributed by atoms with van der Waals surface area (Å²) in [5.74, 6) is 0.557. The molecule has 0 unspecified atom stereocenters. The van der Waals surface area contributed by atoms with Crippen molar-refractivity contribution in [2.75, 3.05) is 7.11 Å². The first-order valence-corrected chi connectivity index (χ1v) is 8.28. The van der Waals surface area contributed by atoms with Gasteiger partial charge in [-0.25, -0.2) is 4.39 Å². The Morgan fingerprint density at radius 1 is 1.36 bits per heavy atom. The van der Waals surface area contributed by atoms with Gasteiger partial charge >= 0.3 is 0 Å². The molecule has 0 aromatic heterocycles. The fourth-order valence-corrected chi connectivity index (χ4v) is 2.49. The van der Waals surface area contributed by atoms with Gasteiger partial charge in [0.2, 0.25) is 0 Å². The number of benzene rings is 2. The van der Waals surface area contributed by atoms with Gasteiger partial charge in [0.1, 0.15) is 5.82 Å². The minimum Gasteiger partial charge on any atom is -0.493 e. The van der Waals surface area contributed by atoms with E-state index in [1.165, 1.54) is 19.2 Å². The topological polar surface area (TPSA) is 42.2 Å². The fraction of sp³-hybridized carbons (Fsp3) is 0.250. The van der Waals surface area contributed by atoms with Crippen molar-refractivity contribution in [2.24, 2.45) is 0 Å². The van der Waals surface area contributed by atoms with Crippen molar-refractivity contribution < 1.29 is 13.9 Å². The van der Waals surface area contributed by atoms with Crippen LogP contribution in [-0.4, -0.2) is 13.2 Å². The predicted molar refractivity (Wildman–Crippen MR) is 98.3 cm³/mol. The largest absolute Gasteiger partial charge is 0.493 e. The van der Waals surface area contributed by atoms with E-state index in [0.29, 0.717) is 33.2 Å². The first kappa shape index (κ1) is 18.8. The molecule has 130 valence electrons. The maximum Gasteiger partial charge on any atom is 0.180 e. The second-order valence-electron chi connectivity index (χ2n) is 5.55. The maximum atomic E-state index is 13.4. The zero-order valence-electron chi connectivity index (χ0n) is 14.3. The number of rotatable bonds is 6. The lowest BCUT2D eigenvalue weighted by molar-refractivity contribution is 0.208. The van der Waals surface area contributed by atoms with Crippen LogP contribution in [-0.2, 0) is 0 Å². The van der Waals surface area contributed by atoms with E-state index in [4.69, 9.17) is 21.1 Å². The SMILES string of the molecule is CC[C@@H](C)Oc1c(Cl)cc(/C=C(/C#N)c2cccc(F)c2)cc1OC.